The Balaban J connectivity index is 1.87. The molecule has 2 aromatic rings. The van der Waals surface area contributed by atoms with Gasteiger partial charge in [-0.1, -0.05) is 0 Å². The van der Waals surface area contributed by atoms with Crippen molar-refractivity contribution in [3.8, 4) is 17.2 Å². The number of amides is 1. The summed E-state index contributed by atoms with van der Waals surface area (Å²) in [5, 5.41) is 4.78. The first-order chi connectivity index (χ1) is 13.2. The molecule has 7 nitrogen and oxygen atoms in total. The largest absolute Gasteiger partial charge is 0.493 e. The fourth-order valence-electron chi connectivity index (χ4n) is 2.54. The van der Waals surface area contributed by atoms with Crippen molar-refractivity contribution >= 4 is 29.2 Å². The highest BCUT2D eigenvalue weighted by atomic mass is 32.2. The van der Waals surface area contributed by atoms with E-state index in [2.05, 4.69) is 15.3 Å². The van der Waals surface area contributed by atoms with Crippen molar-refractivity contribution in [2.24, 2.45) is 4.99 Å². The van der Waals surface area contributed by atoms with Crippen molar-refractivity contribution in [1.29, 1.82) is 0 Å². The molecule has 0 saturated carbocycles. The summed E-state index contributed by atoms with van der Waals surface area (Å²) in [5.41, 5.74) is 2.03. The summed E-state index contributed by atoms with van der Waals surface area (Å²) in [4.78, 5) is 20.8. The molecule has 0 aliphatic carbocycles. The quantitative estimate of drug-likeness (QED) is 0.852. The van der Waals surface area contributed by atoms with Gasteiger partial charge in [-0.15, -0.1) is 11.8 Å². The molecule has 1 aliphatic heterocycles. The number of carbonyl (C=O) groups excluding carboxylic acids is 1. The second-order valence-corrected chi connectivity index (χ2v) is 6.33. The molecular weight excluding hydrogens is 366 g/mol. The molecule has 1 aliphatic rings. The zero-order chi connectivity index (χ0) is 19.2. The molecule has 0 atom stereocenters. The number of pyridine rings is 1. The van der Waals surface area contributed by atoms with E-state index in [-0.39, 0.29) is 5.91 Å². The van der Waals surface area contributed by atoms with Crippen molar-refractivity contribution in [1.82, 2.24) is 10.3 Å². The van der Waals surface area contributed by atoms with E-state index >= 15 is 0 Å². The molecule has 27 heavy (non-hydrogen) atoms. The Hall–Kier alpha value is -3.00. The Labute approximate surface area is 161 Å². The number of nitrogens with one attached hydrogen (secondary N) is 1. The van der Waals surface area contributed by atoms with Crippen molar-refractivity contribution in [2.75, 3.05) is 27.1 Å². The highest BCUT2D eigenvalue weighted by Crippen LogP contribution is 2.40. The smallest absolute Gasteiger partial charge is 0.256 e. The zero-order valence-electron chi connectivity index (χ0n) is 15.2. The summed E-state index contributed by atoms with van der Waals surface area (Å²) < 4.78 is 16.1. The van der Waals surface area contributed by atoms with Crippen LogP contribution in [0.4, 0.5) is 0 Å². The second kappa shape index (κ2) is 8.59. The van der Waals surface area contributed by atoms with Crippen LogP contribution < -0.4 is 19.5 Å². The van der Waals surface area contributed by atoms with Crippen LogP contribution in [0.3, 0.4) is 0 Å². The molecule has 1 aromatic carbocycles. The summed E-state index contributed by atoms with van der Waals surface area (Å²) in [7, 11) is 4.68. The molecule has 8 heteroatoms. The van der Waals surface area contributed by atoms with Gasteiger partial charge in [-0.2, -0.15) is 0 Å². The van der Waals surface area contributed by atoms with Gasteiger partial charge in [-0.25, -0.2) is 4.99 Å². The molecular formula is C19H19N3O4S. The normalized spacial score (nSPS) is 13.3. The SMILES string of the molecule is COc1cc(C2=CSCC(NC(=O)c3ccncc3)=N2)cc(OC)c1OC. The molecule has 0 fully saturated rings. The number of aliphatic imine (C=N–C) groups is 1. The number of aromatic nitrogens is 1. The van der Waals surface area contributed by atoms with Crippen LogP contribution in [0.25, 0.3) is 5.70 Å². The molecule has 140 valence electrons. The number of hydrogen-bond donors (Lipinski definition) is 1. The second-order valence-electron chi connectivity index (χ2n) is 5.48. The Morgan fingerprint density at radius 3 is 2.33 bits per heavy atom. The maximum atomic E-state index is 12.3. The number of ether oxygens (including phenoxy) is 3. The molecule has 0 bridgehead atoms. The molecule has 1 N–H and O–H groups in total. The summed E-state index contributed by atoms with van der Waals surface area (Å²) >= 11 is 1.55. The first-order valence-corrected chi connectivity index (χ1v) is 9.12. The van der Waals surface area contributed by atoms with Crippen LogP contribution in [-0.2, 0) is 0 Å². The van der Waals surface area contributed by atoms with Gasteiger partial charge in [-0.05, 0) is 29.7 Å². The number of carbonyl (C=O) groups is 1. The number of amidine groups is 1. The molecule has 3 rings (SSSR count). The molecule has 2 heterocycles. The lowest BCUT2D eigenvalue weighted by Crippen LogP contribution is -2.32. The van der Waals surface area contributed by atoms with E-state index in [1.165, 1.54) is 0 Å². The molecule has 0 radical (unpaired) electrons. The van der Waals surface area contributed by atoms with Crippen molar-refractivity contribution in [3.05, 3.63) is 53.2 Å². The van der Waals surface area contributed by atoms with Gasteiger partial charge in [-0.3, -0.25) is 9.78 Å². The number of methoxy groups -OCH3 is 3. The van der Waals surface area contributed by atoms with Gasteiger partial charge >= 0.3 is 0 Å². The third-order valence-electron chi connectivity index (χ3n) is 3.83. The Bertz CT molecular complexity index is 872. The number of hydrogen-bond acceptors (Lipinski definition) is 7. The van der Waals surface area contributed by atoms with Crippen LogP contribution >= 0.6 is 11.8 Å². The predicted octanol–water partition coefficient (Wildman–Crippen LogP) is 2.98. The molecule has 0 saturated heterocycles. The van der Waals surface area contributed by atoms with Gasteiger partial charge in [0.2, 0.25) is 5.75 Å². The summed E-state index contributed by atoms with van der Waals surface area (Å²) in [6, 6.07) is 6.96. The van der Waals surface area contributed by atoms with E-state index in [9.17, 15) is 4.79 Å². The van der Waals surface area contributed by atoms with Crippen molar-refractivity contribution in [3.63, 3.8) is 0 Å². The lowest BCUT2D eigenvalue weighted by molar-refractivity contribution is 0.0977. The van der Waals surface area contributed by atoms with Crippen LogP contribution in [0.15, 0.2) is 47.1 Å². The van der Waals surface area contributed by atoms with Gasteiger partial charge in [0.05, 0.1) is 32.8 Å². The van der Waals surface area contributed by atoms with Gasteiger partial charge in [0.25, 0.3) is 5.91 Å². The van der Waals surface area contributed by atoms with Crippen LogP contribution in [0.1, 0.15) is 15.9 Å². The number of benzene rings is 1. The van der Waals surface area contributed by atoms with Crippen LogP contribution in [0.2, 0.25) is 0 Å². The Morgan fingerprint density at radius 1 is 1.07 bits per heavy atom. The van der Waals surface area contributed by atoms with Gasteiger partial charge in [0.15, 0.2) is 11.5 Å². The fourth-order valence-corrected chi connectivity index (χ4v) is 3.26. The molecule has 0 unspecified atom stereocenters. The monoisotopic (exact) mass is 385 g/mol. The van der Waals surface area contributed by atoms with E-state index in [1.807, 2.05) is 17.5 Å². The van der Waals surface area contributed by atoms with Crippen LogP contribution in [-0.4, -0.2) is 43.8 Å². The average molecular weight is 385 g/mol. The Morgan fingerprint density at radius 2 is 1.74 bits per heavy atom. The van der Waals surface area contributed by atoms with Crippen LogP contribution in [0.5, 0.6) is 17.2 Å². The predicted molar refractivity (Wildman–Crippen MR) is 106 cm³/mol. The third kappa shape index (κ3) is 4.22. The van der Waals surface area contributed by atoms with Gasteiger partial charge < -0.3 is 19.5 Å². The lowest BCUT2D eigenvalue weighted by atomic mass is 10.1. The first-order valence-electron chi connectivity index (χ1n) is 8.07. The average Bonchev–Trinajstić information content (AvgIpc) is 2.73. The fraction of sp³-hybridized carbons (Fsp3) is 0.211. The number of rotatable bonds is 5. The maximum Gasteiger partial charge on any atom is 0.256 e. The van der Waals surface area contributed by atoms with Crippen molar-refractivity contribution < 1.29 is 19.0 Å². The maximum absolute atomic E-state index is 12.3. The molecule has 0 spiro atoms. The van der Waals surface area contributed by atoms with Gasteiger partial charge in [0.1, 0.15) is 5.84 Å². The number of nitrogens with zero attached hydrogens (tertiary/aromatic N) is 2. The molecule has 1 amide bonds. The number of thioether (sulfide) groups is 1. The minimum absolute atomic E-state index is 0.220. The topological polar surface area (TPSA) is 82.0 Å². The standard InChI is InChI=1S/C19H19N3O4S/c1-24-15-8-13(9-16(25-2)18(15)26-3)14-10-27-11-17(21-14)22-19(23)12-4-6-20-7-5-12/h4-10H,11H2,1-3H3,(H,21,22,23). The zero-order valence-corrected chi connectivity index (χ0v) is 16.0. The van der Waals surface area contributed by atoms with Crippen LogP contribution in [0, 0.1) is 0 Å². The third-order valence-corrected chi connectivity index (χ3v) is 4.66. The molecule has 1 aromatic heterocycles. The van der Waals surface area contributed by atoms with E-state index in [0.29, 0.717) is 40.1 Å². The van der Waals surface area contributed by atoms with E-state index in [0.717, 1.165) is 5.56 Å². The highest BCUT2D eigenvalue weighted by Gasteiger charge is 2.18. The first kappa shape index (κ1) is 18.8. The minimum atomic E-state index is -0.220. The minimum Gasteiger partial charge on any atom is -0.493 e. The van der Waals surface area contributed by atoms with Crippen molar-refractivity contribution in [2.45, 2.75) is 0 Å². The summed E-state index contributed by atoms with van der Waals surface area (Å²) in [6.45, 7) is 0. The Kier molecular flexibility index (Phi) is 5.97. The summed E-state index contributed by atoms with van der Waals surface area (Å²) in [5.74, 6) is 2.53. The summed E-state index contributed by atoms with van der Waals surface area (Å²) in [6.07, 6.45) is 3.15. The van der Waals surface area contributed by atoms with E-state index < -0.39 is 0 Å². The highest BCUT2D eigenvalue weighted by molar-refractivity contribution is 8.03. The van der Waals surface area contributed by atoms with E-state index in [1.54, 1.807) is 57.6 Å². The van der Waals surface area contributed by atoms with E-state index in [4.69, 9.17) is 14.2 Å². The lowest BCUT2D eigenvalue weighted by Gasteiger charge is -2.17. The van der Waals surface area contributed by atoms with Gasteiger partial charge in [0, 0.05) is 23.5 Å².